The summed E-state index contributed by atoms with van der Waals surface area (Å²) in [6, 6.07) is 76.3. The quantitative estimate of drug-likeness (QED) is 0.161. The zero-order valence-corrected chi connectivity index (χ0v) is 33.5. The van der Waals surface area contributed by atoms with Gasteiger partial charge in [-0.25, -0.2) is 15.0 Å². The van der Waals surface area contributed by atoms with Crippen molar-refractivity contribution in [3.8, 4) is 73.2 Å². The van der Waals surface area contributed by atoms with Crippen LogP contribution in [0.15, 0.2) is 223 Å². The van der Waals surface area contributed by atoms with Gasteiger partial charge in [-0.2, -0.15) is 0 Å². The van der Waals surface area contributed by atoms with Crippen LogP contribution in [0.2, 0.25) is 0 Å². The van der Waals surface area contributed by atoms with E-state index in [1.807, 2.05) is 48.5 Å². The number of nitrogens with zero attached hydrogens (tertiary/aromatic N) is 4. The molecule has 12 aromatic rings. The Hall–Kier alpha value is -8.41. The number of hydrogen-bond donors (Lipinski definition) is 0. The fourth-order valence-electron chi connectivity index (χ4n) is 9.09. The Morgan fingerprint density at radius 2 is 0.871 bits per heavy atom. The highest BCUT2D eigenvalue weighted by Crippen LogP contribution is 2.46. The van der Waals surface area contributed by atoms with E-state index in [1.54, 1.807) is 0 Å². The summed E-state index contributed by atoms with van der Waals surface area (Å²) in [5, 5.41) is 4.42. The first-order valence-electron chi connectivity index (χ1n) is 20.9. The van der Waals surface area contributed by atoms with Gasteiger partial charge in [-0.05, 0) is 69.8 Å². The van der Waals surface area contributed by atoms with Crippen LogP contribution in [0.4, 0.5) is 0 Å². The van der Waals surface area contributed by atoms with Crippen LogP contribution < -0.4 is 0 Å². The second kappa shape index (κ2) is 14.7. The van der Waals surface area contributed by atoms with Crippen LogP contribution in [0.3, 0.4) is 0 Å². The van der Waals surface area contributed by atoms with Crippen molar-refractivity contribution in [3.63, 3.8) is 0 Å². The minimum Gasteiger partial charge on any atom is -0.456 e. The number of benzene rings is 9. The molecule has 0 bridgehead atoms. The summed E-state index contributed by atoms with van der Waals surface area (Å²) >= 11 is 0. The van der Waals surface area contributed by atoms with Gasteiger partial charge >= 0.3 is 0 Å². The number of hydrogen-bond acceptors (Lipinski definition) is 4. The maximum absolute atomic E-state index is 6.53. The zero-order chi connectivity index (χ0) is 41.0. The lowest BCUT2D eigenvalue weighted by Gasteiger charge is -2.20. The second-order valence-corrected chi connectivity index (χ2v) is 15.5. The minimum absolute atomic E-state index is 0.572. The highest BCUT2D eigenvalue weighted by molar-refractivity contribution is 6.24. The first kappa shape index (κ1) is 35.5. The molecule has 3 aromatic heterocycles. The molecule has 0 unspecified atom stereocenters. The third kappa shape index (κ3) is 5.90. The van der Waals surface area contributed by atoms with Crippen LogP contribution in [0.5, 0.6) is 0 Å². The average Bonchev–Trinajstić information content (AvgIpc) is 3.90. The van der Waals surface area contributed by atoms with Crippen LogP contribution >= 0.6 is 0 Å². The standard InChI is InChI=1S/C57H36N4O/c1-5-18-37(19-6-1)42-28-17-29-43(38-20-7-2-8-21-38)52(42)41-32-34-49(47(36-41)57-59-55(39-22-9-3-10-23-39)58-56(60-57)40-24-11-4-12-25-40)61-48-30-15-13-26-44(48)45-33-35-51-53(54(45)61)46-27-14-16-31-50(46)62-51/h1-36H. The van der Waals surface area contributed by atoms with Gasteiger partial charge in [0.15, 0.2) is 17.5 Å². The zero-order valence-electron chi connectivity index (χ0n) is 33.5. The van der Waals surface area contributed by atoms with E-state index in [2.05, 4.69) is 174 Å². The molecule has 0 radical (unpaired) electrons. The van der Waals surface area contributed by atoms with E-state index < -0.39 is 0 Å². The average molecular weight is 793 g/mol. The normalized spacial score (nSPS) is 11.5. The highest BCUT2D eigenvalue weighted by Gasteiger charge is 2.24. The summed E-state index contributed by atoms with van der Waals surface area (Å²) in [5.74, 6) is 1.78. The molecule has 0 amide bonds. The topological polar surface area (TPSA) is 56.7 Å². The summed E-state index contributed by atoms with van der Waals surface area (Å²) < 4.78 is 8.93. The van der Waals surface area contributed by atoms with Crippen molar-refractivity contribution < 1.29 is 4.42 Å². The maximum atomic E-state index is 6.53. The van der Waals surface area contributed by atoms with Gasteiger partial charge in [-0.3, -0.25) is 0 Å². The fraction of sp³-hybridized carbons (Fsp3) is 0. The van der Waals surface area contributed by atoms with Gasteiger partial charge in [-0.15, -0.1) is 0 Å². The molecule has 5 nitrogen and oxygen atoms in total. The molecule has 0 aliphatic rings. The van der Waals surface area contributed by atoms with Crippen molar-refractivity contribution in [1.82, 2.24) is 19.5 Å². The number of fused-ring (bicyclic) bond motifs is 7. The third-order valence-corrected chi connectivity index (χ3v) is 11.9. The molecule has 3 heterocycles. The number of para-hydroxylation sites is 2. The Kier molecular flexibility index (Phi) is 8.42. The van der Waals surface area contributed by atoms with E-state index in [4.69, 9.17) is 19.4 Å². The molecular formula is C57H36N4O. The van der Waals surface area contributed by atoms with Gasteiger partial charge in [0, 0.05) is 32.8 Å². The lowest BCUT2D eigenvalue weighted by molar-refractivity contribution is 0.669. The Morgan fingerprint density at radius 3 is 1.50 bits per heavy atom. The molecule has 12 rings (SSSR count). The molecule has 0 N–H and O–H groups in total. The van der Waals surface area contributed by atoms with Crippen molar-refractivity contribution in [2.45, 2.75) is 0 Å². The lowest BCUT2D eigenvalue weighted by Crippen LogP contribution is -2.04. The van der Waals surface area contributed by atoms with Crippen LogP contribution in [0.1, 0.15) is 0 Å². The molecule has 62 heavy (non-hydrogen) atoms. The van der Waals surface area contributed by atoms with Gasteiger partial charge in [0.25, 0.3) is 0 Å². The van der Waals surface area contributed by atoms with Crippen LogP contribution in [0, 0.1) is 0 Å². The number of furan rings is 1. The van der Waals surface area contributed by atoms with E-state index >= 15 is 0 Å². The van der Waals surface area contributed by atoms with Crippen molar-refractivity contribution in [3.05, 3.63) is 218 Å². The van der Waals surface area contributed by atoms with Crippen molar-refractivity contribution in [2.24, 2.45) is 0 Å². The summed E-state index contributed by atoms with van der Waals surface area (Å²) in [5.41, 5.74) is 14.2. The largest absolute Gasteiger partial charge is 0.456 e. The summed E-state index contributed by atoms with van der Waals surface area (Å²) in [7, 11) is 0. The van der Waals surface area contributed by atoms with E-state index in [9.17, 15) is 0 Å². The van der Waals surface area contributed by atoms with E-state index in [1.165, 1.54) is 0 Å². The van der Waals surface area contributed by atoms with Gasteiger partial charge in [0.05, 0.1) is 22.1 Å². The van der Waals surface area contributed by atoms with Gasteiger partial charge < -0.3 is 8.98 Å². The van der Waals surface area contributed by atoms with Crippen molar-refractivity contribution in [2.75, 3.05) is 0 Å². The molecule has 0 atom stereocenters. The molecule has 0 aliphatic carbocycles. The predicted molar refractivity (Wildman–Crippen MR) is 254 cm³/mol. The van der Waals surface area contributed by atoms with Gasteiger partial charge in [0.2, 0.25) is 0 Å². The van der Waals surface area contributed by atoms with Gasteiger partial charge in [-0.1, -0.05) is 182 Å². The van der Waals surface area contributed by atoms with Crippen molar-refractivity contribution in [1.29, 1.82) is 0 Å². The molecule has 0 fully saturated rings. The Labute approximate surface area is 357 Å². The lowest BCUT2D eigenvalue weighted by atomic mass is 9.87. The summed E-state index contributed by atoms with van der Waals surface area (Å²) in [4.78, 5) is 15.9. The number of aromatic nitrogens is 4. The van der Waals surface area contributed by atoms with E-state index in [-0.39, 0.29) is 0 Å². The summed E-state index contributed by atoms with van der Waals surface area (Å²) in [6.45, 7) is 0. The molecule has 0 saturated carbocycles. The molecule has 0 spiro atoms. The maximum Gasteiger partial charge on any atom is 0.166 e. The molecule has 5 heteroatoms. The highest BCUT2D eigenvalue weighted by atomic mass is 16.3. The Balaban J connectivity index is 1.23. The SMILES string of the molecule is c1ccc(-c2nc(-c3ccccc3)nc(-c3cc(-c4c(-c5ccccc5)cccc4-c4ccccc4)ccc3-n3c4ccccc4c4ccc5oc6ccccc6c5c43)n2)cc1. The molecule has 0 saturated heterocycles. The van der Waals surface area contributed by atoms with Crippen LogP contribution in [0.25, 0.3) is 117 Å². The first-order chi connectivity index (χ1) is 30.8. The second-order valence-electron chi connectivity index (χ2n) is 15.5. The van der Waals surface area contributed by atoms with E-state index in [0.29, 0.717) is 17.5 Å². The van der Waals surface area contributed by atoms with Gasteiger partial charge in [0.1, 0.15) is 11.2 Å². The smallest absolute Gasteiger partial charge is 0.166 e. The van der Waals surface area contributed by atoms with Crippen LogP contribution in [-0.4, -0.2) is 19.5 Å². The Morgan fingerprint density at radius 1 is 0.339 bits per heavy atom. The fourth-order valence-corrected chi connectivity index (χ4v) is 9.09. The molecule has 0 aliphatic heterocycles. The third-order valence-electron chi connectivity index (χ3n) is 11.9. The predicted octanol–water partition coefficient (Wildman–Crippen LogP) is 14.9. The number of rotatable bonds is 7. The van der Waals surface area contributed by atoms with Crippen molar-refractivity contribution >= 4 is 43.7 Å². The molecular weight excluding hydrogens is 757 g/mol. The minimum atomic E-state index is 0.572. The van der Waals surface area contributed by atoms with E-state index in [0.717, 1.165) is 99.5 Å². The molecule has 290 valence electrons. The monoisotopic (exact) mass is 792 g/mol. The first-order valence-corrected chi connectivity index (χ1v) is 20.9. The summed E-state index contributed by atoms with van der Waals surface area (Å²) in [6.07, 6.45) is 0. The molecule has 9 aromatic carbocycles. The van der Waals surface area contributed by atoms with Crippen LogP contribution in [-0.2, 0) is 0 Å². The Bertz CT molecular complexity index is 3500.